The van der Waals surface area contributed by atoms with Crippen LogP contribution in [0.5, 0.6) is 0 Å². The summed E-state index contributed by atoms with van der Waals surface area (Å²) in [7, 11) is 0. The minimum absolute atomic E-state index is 0. The van der Waals surface area contributed by atoms with Crippen molar-refractivity contribution in [3.8, 4) is 0 Å². The zero-order chi connectivity index (χ0) is 44.7. The van der Waals surface area contributed by atoms with Gasteiger partial charge in [-0.15, -0.1) is 0 Å². The first-order valence-electron chi connectivity index (χ1n) is 27.0. The van der Waals surface area contributed by atoms with E-state index in [9.17, 15) is 14.4 Å². The van der Waals surface area contributed by atoms with Crippen LogP contribution in [0.1, 0.15) is 329 Å². The molecular formula is C54H110CaO6. The Labute approximate surface area is 411 Å². The molecule has 0 bridgehead atoms. The molecule has 0 aromatic heterocycles. The Morgan fingerprint density at radius 1 is 0.213 bits per heavy atom. The van der Waals surface area contributed by atoms with Crippen LogP contribution in [0.25, 0.3) is 0 Å². The van der Waals surface area contributed by atoms with Gasteiger partial charge in [0, 0.05) is 19.3 Å². The monoisotopic (exact) mass is 895 g/mol. The average Bonchev–Trinajstić information content (AvgIpc) is 3.22. The Bertz CT molecular complexity index is 717. The van der Waals surface area contributed by atoms with Crippen molar-refractivity contribution < 1.29 is 29.7 Å². The Hall–Kier alpha value is -0.330. The molecule has 0 heterocycles. The van der Waals surface area contributed by atoms with Gasteiger partial charge in [0.25, 0.3) is 0 Å². The van der Waals surface area contributed by atoms with E-state index in [-0.39, 0.29) is 37.7 Å². The molecule has 61 heavy (non-hydrogen) atoms. The molecule has 0 aliphatic heterocycles. The van der Waals surface area contributed by atoms with Crippen molar-refractivity contribution in [3.63, 3.8) is 0 Å². The first kappa shape index (κ1) is 67.3. The van der Waals surface area contributed by atoms with Crippen molar-refractivity contribution >= 4 is 55.6 Å². The SMILES string of the molecule is CCCCCCCCCCCCCCCCCC(=O)O.CCCCCCCCCCCCCCCCCC(=O)O.CCCCCCCCCCCCCCCCCC(=O)O.[CaH2]. The van der Waals surface area contributed by atoms with E-state index in [1.54, 1.807) is 0 Å². The number of hydrogen-bond donors (Lipinski definition) is 3. The van der Waals surface area contributed by atoms with Crippen LogP contribution < -0.4 is 0 Å². The fourth-order valence-corrected chi connectivity index (χ4v) is 7.94. The Morgan fingerprint density at radius 2 is 0.311 bits per heavy atom. The maximum absolute atomic E-state index is 10.3. The minimum atomic E-state index is -0.653. The molecule has 364 valence electrons. The van der Waals surface area contributed by atoms with E-state index in [0.717, 1.165) is 38.5 Å². The normalized spacial score (nSPS) is 10.7. The zero-order valence-electron chi connectivity index (χ0n) is 41.0. The molecule has 7 heteroatoms. The zero-order valence-corrected chi connectivity index (χ0v) is 41.0. The molecule has 6 nitrogen and oxygen atoms in total. The third kappa shape index (κ3) is 77.3. The quantitative estimate of drug-likeness (QED) is 0.0414. The van der Waals surface area contributed by atoms with Crippen molar-refractivity contribution in [3.05, 3.63) is 0 Å². The molecule has 0 spiro atoms. The van der Waals surface area contributed by atoms with Crippen LogP contribution in [-0.4, -0.2) is 71.0 Å². The number of carboxylic acids is 3. The summed E-state index contributed by atoms with van der Waals surface area (Å²) in [5.41, 5.74) is 0. The summed E-state index contributed by atoms with van der Waals surface area (Å²) in [6, 6.07) is 0. The van der Waals surface area contributed by atoms with Crippen molar-refractivity contribution in [2.75, 3.05) is 0 Å². The number of rotatable bonds is 48. The predicted octanol–water partition coefficient (Wildman–Crippen LogP) is 18.1. The van der Waals surface area contributed by atoms with E-state index in [1.165, 1.54) is 250 Å². The molecule has 0 saturated heterocycles. The molecule has 0 unspecified atom stereocenters. The fraction of sp³-hybridized carbons (Fsp3) is 0.944. The summed E-state index contributed by atoms with van der Waals surface area (Å²) in [4.78, 5) is 31.0. The van der Waals surface area contributed by atoms with E-state index in [4.69, 9.17) is 15.3 Å². The van der Waals surface area contributed by atoms with Gasteiger partial charge in [-0.3, -0.25) is 14.4 Å². The van der Waals surface area contributed by atoms with Crippen LogP contribution in [0.15, 0.2) is 0 Å². The topological polar surface area (TPSA) is 112 Å². The molecule has 0 radical (unpaired) electrons. The van der Waals surface area contributed by atoms with Crippen LogP contribution in [0.2, 0.25) is 0 Å². The maximum atomic E-state index is 10.3. The Balaban J connectivity index is -0.000000396. The van der Waals surface area contributed by atoms with Crippen LogP contribution >= 0.6 is 0 Å². The molecule has 0 aromatic rings. The molecule has 0 amide bonds. The van der Waals surface area contributed by atoms with E-state index in [1.807, 2.05) is 0 Å². The molecule has 3 N–H and O–H groups in total. The first-order valence-corrected chi connectivity index (χ1v) is 27.0. The van der Waals surface area contributed by atoms with Gasteiger partial charge in [0.15, 0.2) is 0 Å². The number of unbranched alkanes of at least 4 members (excludes halogenated alkanes) is 42. The molecular weight excluding hydrogens is 785 g/mol. The summed E-state index contributed by atoms with van der Waals surface area (Å²) >= 11 is 0. The second kappa shape index (κ2) is 64.0. The molecule has 0 aliphatic carbocycles. The third-order valence-corrected chi connectivity index (χ3v) is 12.0. The van der Waals surface area contributed by atoms with Crippen LogP contribution in [0, 0.1) is 0 Å². The predicted molar refractivity (Wildman–Crippen MR) is 270 cm³/mol. The summed E-state index contributed by atoms with van der Waals surface area (Å²) in [6.07, 6.45) is 60.6. The van der Waals surface area contributed by atoms with Gasteiger partial charge in [0.05, 0.1) is 0 Å². The summed E-state index contributed by atoms with van der Waals surface area (Å²) in [6.45, 7) is 6.81. The van der Waals surface area contributed by atoms with Gasteiger partial charge in [0.2, 0.25) is 0 Å². The van der Waals surface area contributed by atoms with Gasteiger partial charge in [-0.1, -0.05) is 290 Å². The standard InChI is InChI=1S/3C18H36O2.Ca.2H/c3*1-2-3-4-5-6-7-8-9-10-11-12-13-14-15-16-17-18(19)20;;;/h3*2-17H2,1H3,(H,19,20);;;. The van der Waals surface area contributed by atoms with Gasteiger partial charge < -0.3 is 15.3 Å². The van der Waals surface area contributed by atoms with E-state index in [2.05, 4.69) is 20.8 Å². The Kier molecular flexibility index (Phi) is 70.5. The summed E-state index contributed by atoms with van der Waals surface area (Å²) in [5, 5.41) is 25.6. The Morgan fingerprint density at radius 3 is 0.410 bits per heavy atom. The van der Waals surface area contributed by atoms with E-state index in [0.29, 0.717) is 19.3 Å². The van der Waals surface area contributed by atoms with Gasteiger partial charge >= 0.3 is 55.6 Å². The molecule has 0 aromatic carbocycles. The third-order valence-electron chi connectivity index (χ3n) is 12.0. The van der Waals surface area contributed by atoms with Gasteiger partial charge in [-0.2, -0.15) is 0 Å². The summed E-state index contributed by atoms with van der Waals surface area (Å²) in [5.74, 6) is -1.96. The number of aliphatic carboxylic acids is 3. The van der Waals surface area contributed by atoms with Crippen LogP contribution in [0.3, 0.4) is 0 Å². The number of carboxylic acid groups (broad SMARTS) is 3. The van der Waals surface area contributed by atoms with Crippen molar-refractivity contribution in [2.24, 2.45) is 0 Å². The van der Waals surface area contributed by atoms with Gasteiger partial charge in [0.1, 0.15) is 0 Å². The summed E-state index contributed by atoms with van der Waals surface area (Å²) < 4.78 is 0. The van der Waals surface area contributed by atoms with E-state index < -0.39 is 17.9 Å². The molecule has 0 aliphatic rings. The second-order valence-corrected chi connectivity index (χ2v) is 18.3. The van der Waals surface area contributed by atoms with Crippen LogP contribution in [0.4, 0.5) is 0 Å². The van der Waals surface area contributed by atoms with Gasteiger partial charge in [-0.05, 0) is 19.3 Å². The van der Waals surface area contributed by atoms with E-state index >= 15 is 0 Å². The van der Waals surface area contributed by atoms with Crippen molar-refractivity contribution in [1.82, 2.24) is 0 Å². The first-order chi connectivity index (χ1) is 29.3. The fourth-order valence-electron chi connectivity index (χ4n) is 7.94. The number of hydrogen-bond acceptors (Lipinski definition) is 3. The second-order valence-electron chi connectivity index (χ2n) is 18.3. The van der Waals surface area contributed by atoms with Crippen molar-refractivity contribution in [2.45, 2.75) is 329 Å². The molecule has 0 rings (SSSR count). The van der Waals surface area contributed by atoms with Gasteiger partial charge in [-0.25, -0.2) is 0 Å². The van der Waals surface area contributed by atoms with Crippen LogP contribution in [-0.2, 0) is 14.4 Å². The van der Waals surface area contributed by atoms with Crippen molar-refractivity contribution in [1.29, 1.82) is 0 Å². The number of carbonyl (C=O) groups is 3. The molecule has 0 fully saturated rings. The molecule has 0 saturated carbocycles. The molecule has 0 atom stereocenters. The average molecular weight is 896 g/mol.